The number of benzene rings is 2. The summed E-state index contributed by atoms with van der Waals surface area (Å²) in [7, 11) is 0. The quantitative estimate of drug-likeness (QED) is 0.765. The largest absolute Gasteiger partial charge is 0.386 e. The van der Waals surface area contributed by atoms with Crippen molar-refractivity contribution in [2.75, 3.05) is 6.54 Å². The minimum Gasteiger partial charge on any atom is -0.386 e. The molecule has 0 aliphatic carbocycles. The maximum Gasteiger partial charge on any atom is 0.252 e. The van der Waals surface area contributed by atoms with E-state index in [1.807, 2.05) is 0 Å². The summed E-state index contributed by atoms with van der Waals surface area (Å²) < 4.78 is 27.0. The van der Waals surface area contributed by atoms with E-state index < -0.39 is 23.6 Å². The molecule has 4 nitrogen and oxygen atoms in total. The van der Waals surface area contributed by atoms with Crippen LogP contribution in [0.15, 0.2) is 48.5 Å². The Kier molecular flexibility index (Phi) is 4.72. The van der Waals surface area contributed by atoms with Gasteiger partial charge in [-0.2, -0.15) is 0 Å². The van der Waals surface area contributed by atoms with Crippen LogP contribution in [0.3, 0.4) is 0 Å². The molecule has 2 aromatic carbocycles. The number of fused-ring (bicyclic) bond motifs is 1. The molecule has 128 valence electrons. The maximum atomic E-state index is 13.7. The van der Waals surface area contributed by atoms with Crippen molar-refractivity contribution in [3.8, 4) is 0 Å². The number of carbonyl (C=O) groups is 1. The third kappa shape index (κ3) is 3.64. The van der Waals surface area contributed by atoms with Crippen molar-refractivity contribution in [2.45, 2.75) is 13.0 Å². The van der Waals surface area contributed by atoms with Gasteiger partial charge in [0, 0.05) is 29.3 Å². The zero-order chi connectivity index (χ0) is 18.0. The number of aliphatic hydroxyl groups is 1. The van der Waals surface area contributed by atoms with Crippen LogP contribution in [-0.2, 0) is 0 Å². The molecule has 0 bridgehead atoms. The summed E-state index contributed by atoms with van der Waals surface area (Å²) in [5.41, 5.74) is 1.38. The lowest BCUT2D eigenvalue weighted by molar-refractivity contribution is 0.0915. The highest BCUT2D eigenvalue weighted by Crippen LogP contribution is 2.20. The number of hydrogen-bond acceptors (Lipinski definition) is 3. The Balaban J connectivity index is 1.82. The zero-order valence-corrected chi connectivity index (χ0v) is 13.5. The molecule has 0 spiro atoms. The summed E-state index contributed by atoms with van der Waals surface area (Å²) in [6, 6.07) is 11.4. The van der Waals surface area contributed by atoms with Crippen LogP contribution >= 0.6 is 0 Å². The van der Waals surface area contributed by atoms with Crippen molar-refractivity contribution in [3.63, 3.8) is 0 Å². The van der Waals surface area contributed by atoms with Gasteiger partial charge in [0.1, 0.15) is 11.6 Å². The molecule has 3 rings (SSSR count). The SMILES string of the molecule is Cc1cc(C(=O)NCC(O)c2ccccc2F)c2ccc(F)cc2n1. The fourth-order valence-electron chi connectivity index (χ4n) is 2.66. The van der Waals surface area contributed by atoms with Crippen molar-refractivity contribution in [1.29, 1.82) is 0 Å². The van der Waals surface area contributed by atoms with Crippen molar-refractivity contribution in [2.24, 2.45) is 0 Å². The van der Waals surface area contributed by atoms with Crippen molar-refractivity contribution < 1.29 is 18.7 Å². The number of aliphatic hydroxyl groups excluding tert-OH is 1. The number of pyridine rings is 1. The predicted molar refractivity (Wildman–Crippen MR) is 90.1 cm³/mol. The van der Waals surface area contributed by atoms with Crippen LogP contribution in [-0.4, -0.2) is 22.5 Å². The molecule has 1 aromatic heterocycles. The van der Waals surface area contributed by atoms with E-state index in [2.05, 4.69) is 10.3 Å². The summed E-state index contributed by atoms with van der Waals surface area (Å²) in [6.07, 6.45) is -1.17. The van der Waals surface area contributed by atoms with Gasteiger partial charge in [-0.05, 0) is 31.2 Å². The molecule has 0 aliphatic heterocycles. The second kappa shape index (κ2) is 6.94. The van der Waals surface area contributed by atoms with Gasteiger partial charge in [-0.3, -0.25) is 9.78 Å². The van der Waals surface area contributed by atoms with Gasteiger partial charge >= 0.3 is 0 Å². The molecule has 0 saturated heterocycles. The summed E-state index contributed by atoms with van der Waals surface area (Å²) in [5, 5.41) is 13.2. The van der Waals surface area contributed by atoms with E-state index in [-0.39, 0.29) is 12.1 Å². The van der Waals surface area contributed by atoms with Crippen LogP contribution < -0.4 is 5.32 Å². The van der Waals surface area contributed by atoms with Gasteiger partial charge in [0.05, 0.1) is 17.2 Å². The number of hydrogen-bond donors (Lipinski definition) is 2. The van der Waals surface area contributed by atoms with Crippen LogP contribution in [0, 0.1) is 18.6 Å². The number of nitrogens with zero attached hydrogens (tertiary/aromatic N) is 1. The first-order valence-corrected chi connectivity index (χ1v) is 7.73. The Morgan fingerprint density at radius 1 is 1.20 bits per heavy atom. The Hall–Kier alpha value is -2.86. The van der Waals surface area contributed by atoms with Gasteiger partial charge in [0.25, 0.3) is 5.91 Å². The normalized spacial score (nSPS) is 12.2. The van der Waals surface area contributed by atoms with Gasteiger partial charge < -0.3 is 10.4 Å². The Morgan fingerprint density at radius 3 is 2.72 bits per heavy atom. The lowest BCUT2D eigenvalue weighted by atomic mass is 10.1. The monoisotopic (exact) mass is 342 g/mol. The van der Waals surface area contributed by atoms with E-state index in [9.17, 15) is 18.7 Å². The number of nitrogens with one attached hydrogen (secondary N) is 1. The maximum absolute atomic E-state index is 13.7. The Labute approximate surface area is 143 Å². The highest BCUT2D eigenvalue weighted by Gasteiger charge is 2.16. The van der Waals surface area contributed by atoms with E-state index in [4.69, 9.17) is 0 Å². The lowest BCUT2D eigenvalue weighted by Crippen LogP contribution is -2.29. The first kappa shape index (κ1) is 17.0. The lowest BCUT2D eigenvalue weighted by Gasteiger charge is -2.14. The van der Waals surface area contributed by atoms with Crippen LogP contribution in [0.25, 0.3) is 10.9 Å². The fraction of sp³-hybridized carbons (Fsp3) is 0.158. The minimum absolute atomic E-state index is 0.112. The molecule has 1 amide bonds. The molecule has 2 N–H and O–H groups in total. The van der Waals surface area contributed by atoms with Crippen LogP contribution in [0.2, 0.25) is 0 Å². The van der Waals surface area contributed by atoms with Crippen LogP contribution in [0.5, 0.6) is 0 Å². The second-order valence-corrected chi connectivity index (χ2v) is 5.72. The molecule has 0 radical (unpaired) electrons. The molecular formula is C19H16F2N2O2. The number of aromatic nitrogens is 1. The van der Waals surface area contributed by atoms with Crippen LogP contribution in [0.4, 0.5) is 8.78 Å². The van der Waals surface area contributed by atoms with Crippen LogP contribution in [0.1, 0.15) is 27.7 Å². The minimum atomic E-state index is -1.17. The predicted octanol–water partition coefficient (Wildman–Crippen LogP) is 3.28. The highest BCUT2D eigenvalue weighted by molar-refractivity contribution is 6.06. The first-order chi connectivity index (χ1) is 12.0. The molecule has 0 fully saturated rings. The molecule has 25 heavy (non-hydrogen) atoms. The summed E-state index contributed by atoms with van der Waals surface area (Å²) in [5.74, 6) is -1.42. The van der Waals surface area contributed by atoms with Gasteiger partial charge in [-0.15, -0.1) is 0 Å². The standard InChI is InChI=1S/C19H16F2N2O2/c1-11-8-15(13-7-6-12(20)9-17(13)23-11)19(25)22-10-18(24)14-4-2-3-5-16(14)21/h2-9,18,24H,10H2,1H3,(H,22,25). The van der Waals surface area contributed by atoms with Crippen molar-refractivity contribution in [3.05, 3.63) is 77.0 Å². The molecule has 0 aliphatic rings. The highest BCUT2D eigenvalue weighted by atomic mass is 19.1. The number of aryl methyl sites for hydroxylation is 1. The molecular weight excluding hydrogens is 326 g/mol. The van der Waals surface area contributed by atoms with Gasteiger partial charge in [-0.1, -0.05) is 18.2 Å². The van der Waals surface area contributed by atoms with Crippen molar-refractivity contribution >= 4 is 16.8 Å². The molecule has 1 heterocycles. The zero-order valence-electron chi connectivity index (χ0n) is 13.5. The van der Waals surface area contributed by atoms with E-state index in [0.29, 0.717) is 22.2 Å². The second-order valence-electron chi connectivity index (χ2n) is 5.72. The van der Waals surface area contributed by atoms with Gasteiger partial charge in [-0.25, -0.2) is 8.78 Å². The van der Waals surface area contributed by atoms with Gasteiger partial charge in [0.15, 0.2) is 0 Å². The number of carbonyl (C=O) groups excluding carboxylic acids is 1. The van der Waals surface area contributed by atoms with E-state index in [0.717, 1.165) is 0 Å². The fourth-order valence-corrected chi connectivity index (χ4v) is 2.66. The smallest absolute Gasteiger partial charge is 0.252 e. The third-order valence-corrected chi connectivity index (χ3v) is 3.86. The average Bonchev–Trinajstić information content (AvgIpc) is 2.58. The Bertz CT molecular complexity index is 939. The van der Waals surface area contributed by atoms with E-state index >= 15 is 0 Å². The van der Waals surface area contributed by atoms with Crippen molar-refractivity contribution in [1.82, 2.24) is 10.3 Å². The van der Waals surface area contributed by atoms with Gasteiger partial charge in [0.2, 0.25) is 0 Å². The Morgan fingerprint density at radius 2 is 1.96 bits per heavy atom. The number of amides is 1. The van der Waals surface area contributed by atoms with E-state index in [1.165, 1.54) is 36.4 Å². The average molecular weight is 342 g/mol. The molecule has 1 atom stereocenters. The third-order valence-electron chi connectivity index (χ3n) is 3.86. The summed E-state index contributed by atoms with van der Waals surface area (Å²) in [6.45, 7) is 1.55. The topological polar surface area (TPSA) is 62.2 Å². The summed E-state index contributed by atoms with van der Waals surface area (Å²) >= 11 is 0. The first-order valence-electron chi connectivity index (χ1n) is 7.73. The summed E-state index contributed by atoms with van der Waals surface area (Å²) in [4.78, 5) is 16.7. The molecule has 0 saturated carbocycles. The van der Waals surface area contributed by atoms with E-state index in [1.54, 1.807) is 19.1 Å². The number of rotatable bonds is 4. The molecule has 3 aromatic rings. The molecule has 1 unspecified atom stereocenters. The number of halogens is 2. The molecule has 6 heteroatoms.